The average molecular weight is 329 g/mol. The number of aryl methyl sites for hydroxylation is 1. The molecule has 1 amide bonds. The molecule has 0 fully saturated rings. The molecule has 1 aromatic heterocycles. The molecule has 0 aliphatic carbocycles. The number of hydrogen-bond acceptors (Lipinski definition) is 6. The van der Waals surface area contributed by atoms with E-state index in [2.05, 4.69) is 15.4 Å². The maximum atomic E-state index is 12.2. The molecule has 0 bridgehead atoms. The number of carbonyl (C=O) groups excluding carboxylic acids is 1. The van der Waals surface area contributed by atoms with Crippen LogP contribution in [-0.2, 0) is 24.2 Å². The second-order valence-electron chi connectivity index (χ2n) is 5.84. The molecular weight excluding hydrogens is 309 g/mol. The third-order valence-corrected chi connectivity index (χ3v) is 3.92. The highest BCUT2D eigenvalue weighted by Crippen LogP contribution is 2.29. The molecule has 9 heteroatoms. The van der Waals surface area contributed by atoms with Crippen molar-refractivity contribution < 1.29 is 14.5 Å². The average Bonchev–Trinajstić information content (AvgIpc) is 2.96. The Morgan fingerprint density at radius 1 is 1.58 bits per heavy atom. The van der Waals surface area contributed by atoms with Gasteiger partial charge in [0.25, 0.3) is 0 Å². The Morgan fingerprint density at radius 2 is 2.42 bits per heavy atom. The summed E-state index contributed by atoms with van der Waals surface area (Å²) in [5, 5.41) is 17.1. The highest BCUT2D eigenvalue weighted by Gasteiger charge is 2.36. The minimum atomic E-state index is -1.08. The highest BCUT2D eigenvalue weighted by atomic mass is 16.5. The Bertz CT molecular complexity index is 736. The van der Waals surface area contributed by atoms with Gasteiger partial charge >= 0.3 is 7.12 Å². The summed E-state index contributed by atoms with van der Waals surface area (Å²) >= 11 is 0. The molecule has 1 aromatic carbocycles. The predicted molar refractivity (Wildman–Crippen MR) is 88.2 cm³/mol. The molecule has 0 spiro atoms. The summed E-state index contributed by atoms with van der Waals surface area (Å²) in [6.07, 6.45) is 2.10. The SMILES string of the molecule is Cc1cccc2c1OB(O)[C@@H](NC(=O)Cc1ncn(CCN)n1)C2. The second-order valence-corrected chi connectivity index (χ2v) is 5.84. The number of para-hydroxylation sites is 1. The minimum Gasteiger partial charge on any atom is -0.534 e. The first-order valence-corrected chi connectivity index (χ1v) is 7.88. The fraction of sp³-hybridized carbons (Fsp3) is 0.400. The molecule has 3 rings (SSSR count). The lowest BCUT2D eigenvalue weighted by Crippen LogP contribution is -2.53. The van der Waals surface area contributed by atoms with Crippen LogP contribution in [-0.4, -0.2) is 45.3 Å². The molecule has 1 atom stereocenters. The van der Waals surface area contributed by atoms with Crippen molar-refractivity contribution in [3.05, 3.63) is 41.5 Å². The van der Waals surface area contributed by atoms with E-state index in [0.29, 0.717) is 31.1 Å². The van der Waals surface area contributed by atoms with E-state index in [1.807, 2.05) is 25.1 Å². The molecule has 0 saturated carbocycles. The van der Waals surface area contributed by atoms with Gasteiger partial charge in [-0.05, 0) is 24.5 Å². The van der Waals surface area contributed by atoms with Crippen molar-refractivity contribution in [2.24, 2.45) is 5.73 Å². The topological polar surface area (TPSA) is 115 Å². The van der Waals surface area contributed by atoms with Crippen LogP contribution in [0.3, 0.4) is 0 Å². The summed E-state index contributed by atoms with van der Waals surface area (Å²) in [6, 6.07) is 5.79. The number of carbonyl (C=O) groups is 1. The van der Waals surface area contributed by atoms with Crippen LogP contribution in [0.25, 0.3) is 0 Å². The summed E-state index contributed by atoms with van der Waals surface area (Å²) in [6.45, 7) is 2.94. The Hall–Kier alpha value is -2.39. The van der Waals surface area contributed by atoms with Gasteiger partial charge in [-0.25, -0.2) is 4.98 Å². The van der Waals surface area contributed by atoms with Gasteiger partial charge in [0, 0.05) is 6.54 Å². The molecule has 2 heterocycles. The van der Waals surface area contributed by atoms with Gasteiger partial charge in [-0.3, -0.25) is 9.48 Å². The number of rotatable bonds is 5. The van der Waals surface area contributed by atoms with Crippen molar-refractivity contribution in [1.82, 2.24) is 20.1 Å². The lowest BCUT2D eigenvalue weighted by molar-refractivity contribution is -0.120. The lowest BCUT2D eigenvalue weighted by atomic mass is 9.72. The third kappa shape index (κ3) is 3.57. The molecule has 0 radical (unpaired) electrons. The van der Waals surface area contributed by atoms with Crippen LogP contribution in [0.1, 0.15) is 17.0 Å². The Kier molecular flexibility index (Phi) is 4.82. The maximum Gasteiger partial charge on any atom is 0.547 e. The van der Waals surface area contributed by atoms with Gasteiger partial charge in [0.15, 0.2) is 5.82 Å². The van der Waals surface area contributed by atoms with E-state index in [1.165, 1.54) is 0 Å². The van der Waals surface area contributed by atoms with Crippen LogP contribution in [0.4, 0.5) is 0 Å². The van der Waals surface area contributed by atoms with E-state index in [0.717, 1.165) is 11.1 Å². The summed E-state index contributed by atoms with van der Waals surface area (Å²) in [5.74, 6) is 0.350. The first-order chi connectivity index (χ1) is 11.6. The van der Waals surface area contributed by atoms with Crippen LogP contribution >= 0.6 is 0 Å². The van der Waals surface area contributed by atoms with Crippen molar-refractivity contribution in [3.63, 3.8) is 0 Å². The molecule has 24 heavy (non-hydrogen) atoms. The predicted octanol–water partition coefficient (Wildman–Crippen LogP) is -0.773. The zero-order valence-electron chi connectivity index (χ0n) is 13.5. The first kappa shape index (κ1) is 16.5. The standard InChI is InChI=1S/C15H20BN5O3/c1-10-3-2-4-11-7-12(16(23)24-15(10)11)19-14(22)8-13-18-9-21(20-13)6-5-17/h2-4,9,12,23H,5-8,17H2,1H3,(H,19,22)/t12-/m0/s1. The smallest absolute Gasteiger partial charge is 0.534 e. The van der Waals surface area contributed by atoms with Gasteiger partial charge in [0.05, 0.1) is 18.9 Å². The molecule has 1 aliphatic heterocycles. The van der Waals surface area contributed by atoms with Crippen molar-refractivity contribution in [1.29, 1.82) is 0 Å². The van der Waals surface area contributed by atoms with Gasteiger partial charge in [0.2, 0.25) is 5.91 Å². The van der Waals surface area contributed by atoms with Crippen LogP contribution < -0.4 is 15.7 Å². The van der Waals surface area contributed by atoms with Crippen LogP contribution in [0, 0.1) is 6.92 Å². The van der Waals surface area contributed by atoms with Crippen LogP contribution in [0.2, 0.25) is 0 Å². The fourth-order valence-corrected chi connectivity index (χ4v) is 2.76. The maximum absolute atomic E-state index is 12.2. The van der Waals surface area contributed by atoms with Gasteiger partial charge < -0.3 is 20.7 Å². The van der Waals surface area contributed by atoms with Gasteiger partial charge in [-0.15, -0.1) is 0 Å². The van der Waals surface area contributed by atoms with E-state index in [-0.39, 0.29) is 12.3 Å². The Balaban J connectivity index is 1.62. The normalized spacial score (nSPS) is 16.5. The first-order valence-electron chi connectivity index (χ1n) is 7.88. The number of nitrogens with one attached hydrogen (secondary N) is 1. The molecule has 4 N–H and O–H groups in total. The number of fused-ring (bicyclic) bond motifs is 1. The van der Waals surface area contributed by atoms with E-state index >= 15 is 0 Å². The minimum absolute atomic E-state index is 0.0431. The van der Waals surface area contributed by atoms with Crippen molar-refractivity contribution >= 4 is 13.0 Å². The van der Waals surface area contributed by atoms with Gasteiger partial charge in [0.1, 0.15) is 12.1 Å². The molecular formula is C15H20BN5O3. The molecule has 8 nitrogen and oxygen atoms in total. The second kappa shape index (κ2) is 7.02. The fourth-order valence-electron chi connectivity index (χ4n) is 2.76. The lowest BCUT2D eigenvalue weighted by Gasteiger charge is -2.29. The van der Waals surface area contributed by atoms with Crippen LogP contribution in [0.15, 0.2) is 24.5 Å². The van der Waals surface area contributed by atoms with Crippen molar-refractivity contribution in [3.8, 4) is 5.75 Å². The van der Waals surface area contributed by atoms with E-state index < -0.39 is 13.1 Å². The number of nitrogens with zero attached hydrogens (tertiary/aromatic N) is 3. The summed E-state index contributed by atoms with van der Waals surface area (Å²) in [7, 11) is -1.08. The number of benzene rings is 1. The van der Waals surface area contributed by atoms with Gasteiger partial charge in [-0.1, -0.05) is 18.2 Å². The van der Waals surface area contributed by atoms with Crippen LogP contribution in [0.5, 0.6) is 5.75 Å². The number of hydrogen-bond donors (Lipinski definition) is 3. The molecule has 0 unspecified atom stereocenters. The van der Waals surface area contributed by atoms with Crippen molar-refractivity contribution in [2.75, 3.05) is 6.54 Å². The van der Waals surface area contributed by atoms with E-state index in [9.17, 15) is 9.82 Å². The van der Waals surface area contributed by atoms with E-state index in [4.69, 9.17) is 10.4 Å². The monoisotopic (exact) mass is 329 g/mol. The zero-order chi connectivity index (χ0) is 17.1. The molecule has 2 aromatic rings. The Morgan fingerprint density at radius 3 is 3.21 bits per heavy atom. The summed E-state index contributed by atoms with van der Waals surface area (Å²) < 4.78 is 7.15. The summed E-state index contributed by atoms with van der Waals surface area (Å²) in [5.41, 5.74) is 7.38. The Labute approximate surface area is 140 Å². The number of aromatic nitrogens is 3. The third-order valence-electron chi connectivity index (χ3n) is 3.92. The number of nitrogens with two attached hydrogens (primary N) is 1. The quantitative estimate of drug-likeness (QED) is 0.620. The van der Waals surface area contributed by atoms with Crippen molar-refractivity contribution in [2.45, 2.75) is 32.3 Å². The molecule has 1 aliphatic rings. The van der Waals surface area contributed by atoms with Gasteiger partial charge in [-0.2, -0.15) is 5.10 Å². The largest absolute Gasteiger partial charge is 0.547 e. The molecule has 126 valence electrons. The highest BCUT2D eigenvalue weighted by molar-refractivity contribution is 6.46. The zero-order valence-corrected chi connectivity index (χ0v) is 13.5. The summed E-state index contributed by atoms with van der Waals surface area (Å²) in [4.78, 5) is 16.3. The molecule has 0 saturated heterocycles. The number of amides is 1. The van der Waals surface area contributed by atoms with E-state index in [1.54, 1.807) is 11.0 Å².